The molecule has 0 saturated heterocycles. The first-order chi connectivity index (χ1) is 21.2. The maximum Gasteiger partial charge on any atom is 0.408 e. The molecule has 0 spiro atoms. The lowest BCUT2D eigenvalue weighted by atomic mass is 10.0. The van der Waals surface area contributed by atoms with Crippen molar-refractivity contribution in [3.05, 3.63) is 101 Å². The van der Waals surface area contributed by atoms with E-state index in [0.29, 0.717) is 23.1 Å². The number of carboxylic acid groups (broad SMARTS) is 1. The molecule has 0 unspecified atom stereocenters. The Morgan fingerprint density at radius 1 is 0.886 bits per heavy atom. The average molecular weight is 603 g/mol. The van der Waals surface area contributed by atoms with Crippen molar-refractivity contribution in [2.24, 2.45) is 5.73 Å². The third kappa shape index (κ3) is 8.88. The highest BCUT2D eigenvalue weighted by Gasteiger charge is 2.26. The van der Waals surface area contributed by atoms with Gasteiger partial charge in [0.25, 0.3) is 0 Å². The Morgan fingerprint density at radius 3 is 2.23 bits per heavy atom. The van der Waals surface area contributed by atoms with Gasteiger partial charge < -0.3 is 35.4 Å². The van der Waals surface area contributed by atoms with E-state index in [1.807, 2.05) is 36.4 Å². The summed E-state index contributed by atoms with van der Waals surface area (Å²) in [7, 11) is 1.22. The second kappa shape index (κ2) is 15.3. The molecule has 4 rings (SSSR count). The zero-order valence-electron chi connectivity index (χ0n) is 24.1. The van der Waals surface area contributed by atoms with Crippen LogP contribution < -0.4 is 16.4 Å². The fourth-order valence-electron chi connectivity index (χ4n) is 4.55. The number of aryl methyl sites for hydroxylation is 1. The van der Waals surface area contributed by atoms with E-state index in [0.717, 1.165) is 11.1 Å². The lowest BCUT2D eigenvalue weighted by molar-refractivity contribution is -0.145. The number of nitrogens with one attached hydrogen (secondary N) is 2. The van der Waals surface area contributed by atoms with E-state index in [4.69, 9.17) is 19.6 Å². The van der Waals surface area contributed by atoms with Crippen LogP contribution in [0.1, 0.15) is 29.0 Å². The van der Waals surface area contributed by atoms with Crippen molar-refractivity contribution in [2.75, 3.05) is 7.11 Å². The number of carbonyl (C=O) groups is 4. The monoisotopic (exact) mass is 602 g/mol. The van der Waals surface area contributed by atoms with Crippen LogP contribution in [0.15, 0.2) is 83.3 Å². The van der Waals surface area contributed by atoms with Crippen LogP contribution >= 0.6 is 0 Å². The molecule has 0 bridgehead atoms. The summed E-state index contributed by atoms with van der Waals surface area (Å²) >= 11 is 0. The molecule has 2 amide bonds. The number of oxazole rings is 1. The predicted molar refractivity (Wildman–Crippen MR) is 159 cm³/mol. The number of carbonyl (C=O) groups excluding carboxylic acids is 3. The largest absolute Gasteiger partial charge is 0.480 e. The predicted octanol–water partition coefficient (Wildman–Crippen LogP) is 2.91. The number of nitrogens with zero attached hydrogens (tertiary/aromatic N) is 1. The van der Waals surface area contributed by atoms with Crippen molar-refractivity contribution < 1.29 is 38.2 Å². The number of benzene rings is 3. The number of methoxy groups -OCH3 is 1. The first kappa shape index (κ1) is 31.7. The Morgan fingerprint density at radius 2 is 1.57 bits per heavy atom. The maximum atomic E-state index is 12.8. The molecular formula is C32H34N4O8. The Balaban J connectivity index is 1.39. The highest BCUT2D eigenvalue weighted by Crippen LogP contribution is 2.22. The molecule has 0 aliphatic carbocycles. The van der Waals surface area contributed by atoms with Crippen LogP contribution in [0.25, 0.3) is 11.1 Å². The second-order valence-corrected chi connectivity index (χ2v) is 10.1. The second-order valence-electron chi connectivity index (χ2n) is 10.1. The van der Waals surface area contributed by atoms with Crippen molar-refractivity contribution in [3.63, 3.8) is 0 Å². The number of amides is 2. The summed E-state index contributed by atoms with van der Waals surface area (Å²) in [5, 5.41) is 14.8. The molecule has 0 aliphatic rings. The molecule has 0 aliphatic heterocycles. The summed E-state index contributed by atoms with van der Waals surface area (Å²) in [5.74, 6) is -2.12. The Hall–Kier alpha value is -5.23. The molecule has 4 aromatic rings. The van der Waals surface area contributed by atoms with Crippen LogP contribution in [0.3, 0.4) is 0 Å². The Bertz CT molecular complexity index is 1580. The average Bonchev–Trinajstić information content (AvgIpc) is 3.46. The number of aliphatic carboxylic acids is 1. The van der Waals surface area contributed by atoms with Gasteiger partial charge in [0.15, 0.2) is 11.5 Å². The first-order valence-corrected chi connectivity index (χ1v) is 14.0. The molecule has 5 N–H and O–H groups in total. The Labute approximate surface area is 253 Å². The Kier molecular flexibility index (Phi) is 11.0. The summed E-state index contributed by atoms with van der Waals surface area (Å²) in [6.07, 6.45) is -0.377. The quantitative estimate of drug-likeness (QED) is 0.157. The number of hydrogen-bond acceptors (Lipinski definition) is 9. The van der Waals surface area contributed by atoms with E-state index in [2.05, 4.69) is 15.6 Å². The number of alkyl carbamates (subject to hydrolysis) is 1. The van der Waals surface area contributed by atoms with E-state index in [1.54, 1.807) is 42.5 Å². The summed E-state index contributed by atoms with van der Waals surface area (Å²) in [4.78, 5) is 54.0. The third-order valence-corrected chi connectivity index (χ3v) is 6.86. The van der Waals surface area contributed by atoms with Crippen LogP contribution in [-0.4, -0.2) is 59.3 Å². The minimum atomic E-state index is -1.29. The van der Waals surface area contributed by atoms with Gasteiger partial charge in [0, 0.05) is 12.8 Å². The number of fused-ring (bicyclic) bond motifs is 1. The number of para-hydroxylation sites is 1. The number of esters is 1. The first-order valence-electron chi connectivity index (χ1n) is 14.0. The minimum Gasteiger partial charge on any atom is -0.480 e. The molecule has 3 aromatic carbocycles. The van der Waals surface area contributed by atoms with Gasteiger partial charge in [-0.3, -0.25) is 4.79 Å². The lowest BCUT2D eigenvalue weighted by Gasteiger charge is -2.19. The molecular weight excluding hydrogens is 568 g/mol. The molecule has 3 atom stereocenters. The van der Waals surface area contributed by atoms with E-state index in [9.17, 15) is 24.3 Å². The van der Waals surface area contributed by atoms with Gasteiger partial charge in [-0.1, -0.05) is 72.8 Å². The van der Waals surface area contributed by atoms with Crippen LogP contribution in [0, 0.1) is 0 Å². The summed E-state index contributed by atoms with van der Waals surface area (Å²) in [5.41, 5.74) is 9.07. The number of hydrogen-bond donors (Lipinski definition) is 4. The number of aromatic nitrogens is 1. The SMILES string of the molecule is COC(=O)[C@H](CCc1nc2c(C[C@H](NC(=O)OCc3ccccc3)C(=O)O)cccc2o1)NC(=O)[C@@H](N)Cc1ccccc1. The van der Waals surface area contributed by atoms with E-state index in [1.165, 1.54) is 7.11 Å². The molecule has 0 radical (unpaired) electrons. The van der Waals surface area contributed by atoms with Gasteiger partial charge in [-0.05, 0) is 35.6 Å². The van der Waals surface area contributed by atoms with Gasteiger partial charge in [-0.15, -0.1) is 0 Å². The van der Waals surface area contributed by atoms with Gasteiger partial charge in [0.05, 0.1) is 13.2 Å². The van der Waals surface area contributed by atoms with Crippen molar-refractivity contribution in [1.82, 2.24) is 15.6 Å². The smallest absolute Gasteiger partial charge is 0.408 e. The van der Waals surface area contributed by atoms with Crippen LogP contribution in [0.5, 0.6) is 0 Å². The van der Waals surface area contributed by atoms with Gasteiger partial charge in [-0.25, -0.2) is 19.4 Å². The number of rotatable bonds is 14. The lowest BCUT2D eigenvalue weighted by Crippen LogP contribution is -2.49. The number of ether oxygens (including phenoxy) is 2. The van der Waals surface area contributed by atoms with Crippen LogP contribution in [-0.2, 0) is 49.7 Å². The topological polar surface area (TPSA) is 183 Å². The van der Waals surface area contributed by atoms with Crippen LogP contribution in [0.2, 0.25) is 0 Å². The molecule has 1 heterocycles. The normalized spacial score (nSPS) is 13.0. The van der Waals surface area contributed by atoms with Crippen molar-refractivity contribution in [2.45, 2.75) is 50.4 Å². The molecule has 230 valence electrons. The van der Waals surface area contributed by atoms with Crippen molar-refractivity contribution in [1.29, 1.82) is 0 Å². The zero-order valence-corrected chi connectivity index (χ0v) is 24.1. The summed E-state index contributed by atoms with van der Waals surface area (Å²) in [6, 6.07) is 20.2. The minimum absolute atomic E-state index is 0.00672. The van der Waals surface area contributed by atoms with E-state index < -0.39 is 42.1 Å². The molecule has 12 heteroatoms. The highest BCUT2D eigenvalue weighted by molar-refractivity contribution is 5.87. The third-order valence-electron chi connectivity index (χ3n) is 6.86. The molecule has 0 saturated carbocycles. The number of carboxylic acids is 1. The molecule has 44 heavy (non-hydrogen) atoms. The maximum absolute atomic E-state index is 12.8. The fourth-order valence-corrected chi connectivity index (χ4v) is 4.55. The zero-order chi connectivity index (χ0) is 31.5. The summed E-state index contributed by atoms with van der Waals surface area (Å²) in [6.45, 7) is -0.00672. The van der Waals surface area contributed by atoms with E-state index >= 15 is 0 Å². The standard InChI is InChI=1S/C32H34N4O8/c1-42-31(40)24(34-29(37)23(33)17-20-9-4-2-5-10-20)15-16-27-36-28-22(13-8-14-26(28)44-27)18-25(30(38)39)35-32(41)43-19-21-11-6-3-7-12-21/h2-14,23-25H,15-19,33H2,1H3,(H,34,37)(H,35,41)(H,38,39)/t23-,24-,25-/m0/s1. The molecule has 1 aromatic heterocycles. The highest BCUT2D eigenvalue weighted by atomic mass is 16.5. The van der Waals surface area contributed by atoms with Crippen LogP contribution in [0.4, 0.5) is 4.79 Å². The molecule has 12 nitrogen and oxygen atoms in total. The van der Waals surface area contributed by atoms with Crippen molar-refractivity contribution >= 4 is 35.0 Å². The van der Waals surface area contributed by atoms with Gasteiger partial charge in [-0.2, -0.15) is 0 Å². The fraction of sp³-hybridized carbons (Fsp3) is 0.281. The van der Waals surface area contributed by atoms with Gasteiger partial charge in [0.1, 0.15) is 24.2 Å². The van der Waals surface area contributed by atoms with E-state index in [-0.39, 0.29) is 31.8 Å². The van der Waals surface area contributed by atoms with Crippen molar-refractivity contribution in [3.8, 4) is 0 Å². The van der Waals surface area contributed by atoms with Gasteiger partial charge >= 0.3 is 18.0 Å². The molecule has 0 fully saturated rings. The number of nitrogens with two attached hydrogens (primary N) is 1. The van der Waals surface area contributed by atoms with Gasteiger partial charge in [0.2, 0.25) is 5.91 Å². The summed E-state index contributed by atoms with van der Waals surface area (Å²) < 4.78 is 15.9.